The molecule has 0 aromatic heterocycles. The molecular formula is C11H22N2O3S. The molecule has 100 valence electrons. The second kappa shape index (κ2) is 6.13. The van der Waals surface area contributed by atoms with Gasteiger partial charge in [-0.25, -0.2) is 13.1 Å². The fraction of sp³-hybridized carbons (Fsp3) is 1.00. The minimum absolute atomic E-state index is 0.100. The number of hydrogen-bond acceptors (Lipinski definition) is 4. The van der Waals surface area contributed by atoms with E-state index in [2.05, 4.69) is 10.0 Å². The highest BCUT2D eigenvalue weighted by Crippen LogP contribution is 2.14. The SMILES string of the molecule is O=S(=O)(CC1CCCO1)NCC1CCCNC1. The molecule has 2 fully saturated rings. The van der Waals surface area contributed by atoms with Gasteiger partial charge < -0.3 is 10.1 Å². The molecule has 0 aliphatic carbocycles. The fourth-order valence-electron chi connectivity index (χ4n) is 2.42. The summed E-state index contributed by atoms with van der Waals surface area (Å²) in [7, 11) is -3.17. The van der Waals surface area contributed by atoms with E-state index in [0.29, 0.717) is 19.1 Å². The van der Waals surface area contributed by atoms with Crippen LogP contribution in [0.1, 0.15) is 25.7 Å². The van der Waals surface area contributed by atoms with E-state index in [1.54, 1.807) is 0 Å². The van der Waals surface area contributed by atoms with Gasteiger partial charge in [0, 0.05) is 13.2 Å². The molecule has 2 aliphatic rings. The highest BCUT2D eigenvalue weighted by Gasteiger charge is 2.24. The molecule has 2 heterocycles. The maximum Gasteiger partial charge on any atom is 0.214 e. The molecule has 2 aliphatic heterocycles. The molecule has 2 N–H and O–H groups in total. The molecule has 0 aromatic rings. The van der Waals surface area contributed by atoms with E-state index in [0.717, 1.165) is 38.8 Å². The summed E-state index contributed by atoms with van der Waals surface area (Å²) >= 11 is 0. The Balaban J connectivity index is 1.72. The number of piperidine rings is 1. The lowest BCUT2D eigenvalue weighted by molar-refractivity contribution is 0.127. The zero-order valence-electron chi connectivity index (χ0n) is 10.2. The Labute approximate surface area is 103 Å². The van der Waals surface area contributed by atoms with E-state index in [1.807, 2.05) is 0 Å². The highest BCUT2D eigenvalue weighted by molar-refractivity contribution is 7.89. The predicted molar refractivity (Wildman–Crippen MR) is 66.4 cm³/mol. The zero-order valence-corrected chi connectivity index (χ0v) is 11.0. The lowest BCUT2D eigenvalue weighted by atomic mass is 10.0. The maximum atomic E-state index is 11.8. The van der Waals surface area contributed by atoms with E-state index in [9.17, 15) is 8.42 Å². The second-order valence-electron chi connectivity index (χ2n) is 4.98. The Bertz CT molecular complexity index is 320. The van der Waals surface area contributed by atoms with Crippen molar-refractivity contribution in [3.8, 4) is 0 Å². The molecule has 0 bridgehead atoms. The van der Waals surface area contributed by atoms with E-state index in [4.69, 9.17) is 4.74 Å². The van der Waals surface area contributed by atoms with Gasteiger partial charge >= 0.3 is 0 Å². The van der Waals surface area contributed by atoms with Crippen LogP contribution < -0.4 is 10.0 Å². The van der Waals surface area contributed by atoms with Gasteiger partial charge in [-0.15, -0.1) is 0 Å². The van der Waals surface area contributed by atoms with Gasteiger partial charge in [0.15, 0.2) is 0 Å². The van der Waals surface area contributed by atoms with Crippen LogP contribution in [0.5, 0.6) is 0 Å². The summed E-state index contributed by atoms with van der Waals surface area (Å²) in [5.74, 6) is 0.552. The van der Waals surface area contributed by atoms with E-state index in [-0.39, 0.29) is 11.9 Å². The molecular weight excluding hydrogens is 240 g/mol. The van der Waals surface area contributed by atoms with Crippen LogP contribution in [0.2, 0.25) is 0 Å². The van der Waals surface area contributed by atoms with Crippen LogP contribution in [0.15, 0.2) is 0 Å². The van der Waals surface area contributed by atoms with Crippen molar-refractivity contribution in [1.82, 2.24) is 10.0 Å². The highest BCUT2D eigenvalue weighted by atomic mass is 32.2. The van der Waals surface area contributed by atoms with Crippen LogP contribution in [0.3, 0.4) is 0 Å². The lowest BCUT2D eigenvalue weighted by Gasteiger charge is -2.23. The van der Waals surface area contributed by atoms with Gasteiger partial charge in [0.2, 0.25) is 10.0 Å². The summed E-state index contributed by atoms with van der Waals surface area (Å²) in [6.45, 7) is 3.23. The van der Waals surface area contributed by atoms with E-state index in [1.165, 1.54) is 0 Å². The third-order valence-corrected chi connectivity index (χ3v) is 4.84. The normalized spacial score (nSPS) is 30.6. The lowest BCUT2D eigenvalue weighted by Crippen LogP contribution is -2.40. The van der Waals surface area contributed by atoms with Crippen LogP contribution >= 0.6 is 0 Å². The van der Waals surface area contributed by atoms with Crippen LogP contribution in [0.25, 0.3) is 0 Å². The van der Waals surface area contributed by atoms with Gasteiger partial charge in [0.25, 0.3) is 0 Å². The van der Waals surface area contributed by atoms with Crippen LogP contribution in [0.4, 0.5) is 0 Å². The fourth-order valence-corrected chi connectivity index (χ4v) is 3.78. The topological polar surface area (TPSA) is 67.4 Å². The van der Waals surface area contributed by atoms with Crippen molar-refractivity contribution >= 4 is 10.0 Å². The van der Waals surface area contributed by atoms with E-state index >= 15 is 0 Å². The minimum Gasteiger partial charge on any atom is -0.377 e. The van der Waals surface area contributed by atoms with Crippen LogP contribution in [-0.2, 0) is 14.8 Å². The number of rotatable bonds is 5. The summed E-state index contributed by atoms with van der Waals surface area (Å²) in [6.07, 6.45) is 3.99. The van der Waals surface area contributed by atoms with Crippen molar-refractivity contribution in [2.45, 2.75) is 31.8 Å². The molecule has 6 heteroatoms. The molecule has 17 heavy (non-hydrogen) atoms. The Kier molecular flexibility index (Phi) is 4.78. The van der Waals surface area contributed by atoms with Gasteiger partial charge in [-0.2, -0.15) is 0 Å². The Hall–Kier alpha value is -0.170. The van der Waals surface area contributed by atoms with Crippen molar-refractivity contribution in [3.05, 3.63) is 0 Å². The molecule has 0 saturated carbocycles. The number of hydrogen-bond donors (Lipinski definition) is 2. The van der Waals surface area contributed by atoms with Crippen LogP contribution in [-0.4, -0.2) is 46.5 Å². The van der Waals surface area contributed by atoms with Crippen molar-refractivity contribution in [3.63, 3.8) is 0 Å². The molecule has 0 radical (unpaired) electrons. The zero-order chi connectivity index (χ0) is 12.1. The van der Waals surface area contributed by atoms with Crippen molar-refractivity contribution in [2.75, 3.05) is 32.0 Å². The average molecular weight is 262 g/mol. The first kappa shape index (κ1) is 13.3. The maximum absolute atomic E-state index is 11.8. The molecule has 0 spiro atoms. The smallest absolute Gasteiger partial charge is 0.214 e. The average Bonchev–Trinajstić information content (AvgIpc) is 2.80. The molecule has 5 nitrogen and oxygen atoms in total. The summed E-state index contributed by atoms with van der Waals surface area (Å²) in [4.78, 5) is 0. The monoisotopic (exact) mass is 262 g/mol. The largest absolute Gasteiger partial charge is 0.377 e. The summed E-state index contributed by atoms with van der Waals surface area (Å²) in [5.41, 5.74) is 0. The van der Waals surface area contributed by atoms with Crippen molar-refractivity contribution in [1.29, 1.82) is 0 Å². The van der Waals surface area contributed by atoms with Gasteiger partial charge in [-0.1, -0.05) is 0 Å². The van der Waals surface area contributed by atoms with Crippen molar-refractivity contribution < 1.29 is 13.2 Å². The first-order valence-corrected chi connectivity index (χ1v) is 8.10. The quantitative estimate of drug-likeness (QED) is 0.736. The Morgan fingerprint density at radius 1 is 1.29 bits per heavy atom. The number of nitrogens with one attached hydrogen (secondary N) is 2. The molecule has 0 aromatic carbocycles. The first-order chi connectivity index (χ1) is 8.16. The van der Waals surface area contributed by atoms with Crippen molar-refractivity contribution in [2.24, 2.45) is 5.92 Å². The standard InChI is InChI=1S/C11H22N2O3S/c14-17(15,9-11-4-2-6-16-11)13-8-10-3-1-5-12-7-10/h10-13H,1-9H2. The Morgan fingerprint density at radius 3 is 2.82 bits per heavy atom. The molecule has 2 unspecified atom stereocenters. The second-order valence-corrected chi connectivity index (χ2v) is 6.83. The van der Waals surface area contributed by atoms with Crippen LogP contribution in [0, 0.1) is 5.92 Å². The summed E-state index contributed by atoms with van der Waals surface area (Å²) < 4.78 is 31.7. The van der Waals surface area contributed by atoms with Gasteiger partial charge in [-0.05, 0) is 44.7 Å². The molecule has 0 amide bonds. The van der Waals surface area contributed by atoms with E-state index < -0.39 is 10.0 Å². The first-order valence-electron chi connectivity index (χ1n) is 6.45. The molecule has 2 rings (SSSR count). The third-order valence-electron chi connectivity index (χ3n) is 3.42. The van der Waals surface area contributed by atoms with Gasteiger partial charge in [0.05, 0.1) is 11.9 Å². The predicted octanol–water partition coefficient (Wildman–Crippen LogP) is 0.0844. The van der Waals surface area contributed by atoms with Gasteiger partial charge in [0.1, 0.15) is 0 Å². The third kappa shape index (κ3) is 4.54. The Morgan fingerprint density at radius 2 is 2.18 bits per heavy atom. The summed E-state index contributed by atoms with van der Waals surface area (Å²) in [5, 5.41) is 3.28. The number of sulfonamides is 1. The minimum atomic E-state index is -3.17. The molecule has 2 saturated heterocycles. The van der Waals surface area contributed by atoms with Gasteiger partial charge in [-0.3, -0.25) is 0 Å². The number of ether oxygens (including phenoxy) is 1. The summed E-state index contributed by atoms with van der Waals surface area (Å²) in [6, 6.07) is 0. The molecule has 2 atom stereocenters.